The van der Waals surface area contributed by atoms with Gasteiger partial charge >= 0.3 is 0 Å². The van der Waals surface area contributed by atoms with Crippen LogP contribution in [0.25, 0.3) is 0 Å². The zero-order chi connectivity index (χ0) is 12.8. The summed E-state index contributed by atoms with van der Waals surface area (Å²) in [7, 11) is 0. The molecular weight excluding hydrogens is 212 g/mol. The van der Waals surface area contributed by atoms with E-state index < -0.39 is 0 Å². The second-order valence-corrected chi connectivity index (χ2v) is 6.59. The molecule has 98 valence electrons. The van der Waals surface area contributed by atoms with E-state index in [1.807, 2.05) is 0 Å². The van der Waals surface area contributed by atoms with Crippen LogP contribution in [-0.2, 0) is 4.79 Å². The van der Waals surface area contributed by atoms with Crippen LogP contribution in [0, 0.1) is 17.3 Å². The molecule has 4 unspecified atom stereocenters. The predicted molar refractivity (Wildman–Crippen MR) is 69.4 cm³/mol. The summed E-state index contributed by atoms with van der Waals surface area (Å²) in [6.45, 7) is 11.9. The summed E-state index contributed by atoms with van der Waals surface area (Å²) in [5.74, 6) is 1.45. The van der Waals surface area contributed by atoms with E-state index >= 15 is 0 Å². The van der Waals surface area contributed by atoms with E-state index in [0.717, 1.165) is 13.0 Å². The van der Waals surface area contributed by atoms with Gasteiger partial charge in [-0.3, -0.25) is 10.1 Å². The van der Waals surface area contributed by atoms with E-state index in [-0.39, 0.29) is 12.2 Å². The molecule has 0 radical (unpaired) electrons. The highest BCUT2D eigenvalue weighted by Gasteiger charge is 2.49. The molecule has 2 aliphatic rings. The average Bonchev–Trinajstić information content (AvgIpc) is 2.77. The largest absolute Gasteiger partial charge is 0.326 e. The van der Waals surface area contributed by atoms with E-state index in [9.17, 15) is 4.79 Å². The minimum atomic E-state index is 0.0388. The third-order valence-corrected chi connectivity index (χ3v) is 4.79. The van der Waals surface area contributed by atoms with Crippen LogP contribution in [0.1, 0.15) is 47.5 Å². The second-order valence-electron chi connectivity index (χ2n) is 6.59. The van der Waals surface area contributed by atoms with Crippen LogP contribution in [0.4, 0.5) is 0 Å². The van der Waals surface area contributed by atoms with Gasteiger partial charge in [-0.2, -0.15) is 0 Å². The standard InChI is InChI=1S/C14H26N2O/c1-6-9(2)12-13(17)16(10(3)15-12)8-11-7-14(11,4)5/h9-12,15H,6-8H2,1-5H3. The van der Waals surface area contributed by atoms with E-state index in [1.54, 1.807) is 0 Å². The zero-order valence-electron chi connectivity index (χ0n) is 11.8. The normalized spacial score (nSPS) is 37.4. The first-order valence-electron chi connectivity index (χ1n) is 6.93. The maximum Gasteiger partial charge on any atom is 0.241 e. The molecule has 3 nitrogen and oxygen atoms in total. The van der Waals surface area contributed by atoms with E-state index in [4.69, 9.17) is 0 Å². The van der Waals surface area contributed by atoms with Crippen molar-refractivity contribution in [1.82, 2.24) is 10.2 Å². The molecule has 1 saturated heterocycles. The molecule has 0 aromatic carbocycles. The number of carbonyl (C=O) groups is 1. The highest BCUT2D eigenvalue weighted by atomic mass is 16.2. The Labute approximate surface area is 105 Å². The lowest BCUT2D eigenvalue weighted by atomic mass is 9.99. The Hall–Kier alpha value is -0.570. The number of rotatable bonds is 4. The molecule has 0 aromatic rings. The first kappa shape index (κ1) is 12.9. The van der Waals surface area contributed by atoms with Crippen LogP contribution < -0.4 is 5.32 Å². The summed E-state index contributed by atoms with van der Waals surface area (Å²) in [6, 6.07) is 0.0388. The number of nitrogens with zero attached hydrogens (tertiary/aromatic N) is 1. The lowest BCUT2D eigenvalue weighted by molar-refractivity contribution is -0.131. The predicted octanol–water partition coefficient (Wildman–Crippen LogP) is 2.23. The zero-order valence-corrected chi connectivity index (χ0v) is 11.8. The lowest BCUT2D eigenvalue weighted by Crippen LogP contribution is -2.37. The van der Waals surface area contributed by atoms with Gasteiger partial charge in [-0.1, -0.05) is 34.1 Å². The summed E-state index contributed by atoms with van der Waals surface area (Å²) < 4.78 is 0. The topological polar surface area (TPSA) is 32.3 Å². The van der Waals surface area contributed by atoms with Gasteiger partial charge in [0.05, 0.1) is 12.2 Å². The molecule has 0 spiro atoms. The van der Waals surface area contributed by atoms with Gasteiger partial charge in [0.25, 0.3) is 0 Å². The Morgan fingerprint density at radius 2 is 2.12 bits per heavy atom. The fourth-order valence-corrected chi connectivity index (χ4v) is 2.81. The van der Waals surface area contributed by atoms with Crippen molar-refractivity contribution in [2.75, 3.05) is 6.54 Å². The minimum absolute atomic E-state index is 0.0388. The van der Waals surface area contributed by atoms with Crippen LogP contribution in [0.2, 0.25) is 0 Å². The van der Waals surface area contributed by atoms with Crippen molar-refractivity contribution in [3.05, 3.63) is 0 Å². The molecule has 1 amide bonds. The van der Waals surface area contributed by atoms with Gasteiger partial charge in [0.2, 0.25) is 5.91 Å². The molecule has 1 saturated carbocycles. The summed E-state index contributed by atoms with van der Waals surface area (Å²) in [5, 5.41) is 3.44. The van der Waals surface area contributed by atoms with Gasteiger partial charge in [0.1, 0.15) is 0 Å². The van der Waals surface area contributed by atoms with Crippen LogP contribution in [-0.4, -0.2) is 29.6 Å². The van der Waals surface area contributed by atoms with E-state index in [1.165, 1.54) is 6.42 Å². The van der Waals surface area contributed by atoms with Crippen LogP contribution in [0.3, 0.4) is 0 Å². The second kappa shape index (κ2) is 4.27. The Kier molecular flexibility index (Phi) is 3.23. The minimum Gasteiger partial charge on any atom is -0.326 e. The molecule has 2 rings (SSSR count). The quantitative estimate of drug-likeness (QED) is 0.814. The number of hydrogen-bond donors (Lipinski definition) is 1. The first-order valence-corrected chi connectivity index (χ1v) is 6.93. The van der Waals surface area contributed by atoms with Crippen molar-refractivity contribution in [3.8, 4) is 0 Å². The van der Waals surface area contributed by atoms with Crippen LogP contribution >= 0.6 is 0 Å². The Morgan fingerprint density at radius 3 is 2.59 bits per heavy atom. The van der Waals surface area contributed by atoms with Gasteiger partial charge in [-0.15, -0.1) is 0 Å². The average molecular weight is 238 g/mol. The molecule has 1 aliphatic heterocycles. The fourth-order valence-electron chi connectivity index (χ4n) is 2.81. The van der Waals surface area contributed by atoms with Crippen molar-refractivity contribution in [2.24, 2.45) is 17.3 Å². The molecule has 17 heavy (non-hydrogen) atoms. The maximum absolute atomic E-state index is 12.4. The van der Waals surface area contributed by atoms with Crippen molar-refractivity contribution in [3.63, 3.8) is 0 Å². The number of carbonyl (C=O) groups excluding carboxylic acids is 1. The molecular formula is C14H26N2O. The summed E-state index contributed by atoms with van der Waals surface area (Å²) >= 11 is 0. The lowest BCUT2D eigenvalue weighted by Gasteiger charge is -2.21. The highest BCUT2D eigenvalue weighted by Crippen LogP contribution is 2.52. The van der Waals surface area contributed by atoms with Crippen molar-refractivity contribution in [1.29, 1.82) is 0 Å². The van der Waals surface area contributed by atoms with E-state index in [2.05, 4.69) is 44.8 Å². The molecule has 0 bridgehead atoms. The molecule has 2 fully saturated rings. The van der Waals surface area contributed by atoms with Crippen molar-refractivity contribution >= 4 is 5.91 Å². The molecule has 3 heteroatoms. The summed E-state index contributed by atoms with van der Waals surface area (Å²) in [5.41, 5.74) is 0.453. The Balaban J connectivity index is 1.97. The monoisotopic (exact) mass is 238 g/mol. The number of hydrogen-bond acceptors (Lipinski definition) is 2. The Bertz CT molecular complexity index is 313. The molecule has 1 heterocycles. The van der Waals surface area contributed by atoms with Crippen LogP contribution in [0.15, 0.2) is 0 Å². The van der Waals surface area contributed by atoms with Gasteiger partial charge in [-0.25, -0.2) is 0 Å². The molecule has 1 aliphatic carbocycles. The van der Waals surface area contributed by atoms with Crippen molar-refractivity contribution < 1.29 is 4.79 Å². The first-order chi connectivity index (χ1) is 7.86. The van der Waals surface area contributed by atoms with E-state index in [0.29, 0.717) is 23.2 Å². The molecule has 0 aromatic heterocycles. The number of amides is 1. The summed E-state index contributed by atoms with van der Waals surface area (Å²) in [4.78, 5) is 14.4. The van der Waals surface area contributed by atoms with Crippen LogP contribution in [0.5, 0.6) is 0 Å². The SMILES string of the molecule is CCC(C)C1NC(C)N(CC2CC2(C)C)C1=O. The third kappa shape index (κ3) is 2.35. The number of nitrogens with one attached hydrogen (secondary N) is 1. The van der Waals surface area contributed by atoms with Gasteiger partial charge in [0.15, 0.2) is 0 Å². The van der Waals surface area contributed by atoms with Gasteiger partial charge < -0.3 is 4.90 Å². The molecule has 1 N–H and O–H groups in total. The van der Waals surface area contributed by atoms with Gasteiger partial charge in [0, 0.05) is 6.54 Å². The Morgan fingerprint density at radius 1 is 1.53 bits per heavy atom. The molecule has 4 atom stereocenters. The maximum atomic E-state index is 12.4. The fraction of sp³-hybridized carbons (Fsp3) is 0.929. The highest BCUT2D eigenvalue weighted by molar-refractivity contribution is 5.84. The smallest absolute Gasteiger partial charge is 0.241 e. The van der Waals surface area contributed by atoms with Crippen molar-refractivity contribution in [2.45, 2.75) is 59.7 Å². The summed E-state index contributed by atoms with van der Waals surface area (Å²) in [6.07, 6.45) is 2.52. The third-order valence-electron chi connectivity index (χ3n) is 4.79. The van der Waals surface area contributed by atoms with Gasteiger partial charge in [-0.05, 0) is 30.6 Å².